The van der Waals surface area contributed by atoms with Crippen LogP contribution in [0.25, 0.3) is 33.8 Å². The molecule has 0 aromatic carbocycles. The normalized spacial score (nSPS) is 24.3. The number of β-amino-alcohol motifs (C(OH)–C–C–N with tert-alkyl or cyclic N) is 1. The van der Waals surface area contributed by atoms with Crippen molar-refractivity contribution in [1.82, 2.24) is 29.7 Å². The monoisotopic (exact) mass is 565 g/mol. The lowest BCUT2D eigenvalue weighted by Crippen LogP contribution is -2.36. The number of aliphatic hydroxyl groups is 1. The standard InChI is InChI=1S/C29H36ClN7O3/c1-15(2)24-10-21(38)14-36(24)28-33-22-11-23(27-34-29(39)40-35-27)32-25(19-9-20(30)13-31-12-19)26(22)37(28)17(4)18-7-5-16(3)6-8-18/h9,11-13,15-18,21,24,38H,5-8,10,14H2,1-4H3,(H,34,35,39)/t16?,17?,18?,21-,24+/m1/s1. The lowest BCUT2D eigenvalue weighted by molar-refractivity contribution is 0.191. The zero-order chi connectivity index (χ0) is 28.1. The molecular formula is C29H36ClN7O3. The van der Waals surface area contributed by atoms with E-state index in [9.17, 15) is 9.90 Å². The third-order valence-electron chi connectivity index (χ3n) is 8.81. The highest BCUT2D eigenvalue weighted by Crippen LogP contribution is 2.43. The Hall–Kier alpha value is -3.24. The molecule has 5 heterocycles. The second-order valence-electron chi connectivity index (χ2n) is 12.0. The molecule has 3 atom stereocenters. The largest absolute Gasteiger partial charge is 0.439 e. The van der Waals surface area contributed by atoms with Crippen molar-refractivity contribution in [2.24, 2.45) is 17.8 Å². The van der Waals surface area contributed by atoms with Crippen LogP contribution in [0.15, 0.2) is 33.8 Å². The quantitative estimate of drug-likeness (QED) is 0.315. The van der Waals surface area contributed by atoms with Gasteiger partial charge in [0, 0.05) is 36.6 Å². The first-order valence-corrected chi connectivity index (χ1v) is 14.6. The molecule has 2 N–H and O–H groups in total. The van der Waals surface area contributed by atoms with E-state index in [1.165, 1.54) is 12.8 Å². The molecule has 1 aliphatic heterocycles. The van der Waals surface area contributed by atoms with E-state index >= 15 is 0 Å². The van der Waals surface area contributed by atoms with Gasteiger partial charge in [-0.2, -0.15) is 0 Å². The Morgan fingerprint density at radius 1 is 1.12 bits per heavy atom. The molecule has 2 fully saturated rings. The van der Waals surface area contributed by atoms with Gasteiger partial charge in [0.15, 0.2) is 0 Å². The molecule has 1 saturated heterocycles. The van der Waals surface area contributed by atoms with E-state index in [1.807, 2.05) is 12.1 Å². The van der Waals surface area contributed by atoms with Crippen LogP contribution in [-0.4, -0.2) is 53.5 Å². The van der Waals surface area contributed by atoms with Gasteiger partial charge in [-0.15, -0.1) is 0 Å². The fourth-order valence-corrected chi connectivity index (χ4v) is 6.76. The van der Waals surface area contributed by atoms with Gasteiger partial charge in [-0.05, 0) is 56.1 Å². The first-order valence-electron chi connectivity index (χ1n) is 14.2. The molecule has 0 bridgehead atoms. The third-order valence-corrected chi connectivity index (χ3v) is 9.02. The minimum Gasteiger partial charge on any atom is -0.391 e. The molecular weight excluding hydrogens is 530 g/mol. The highest BCUT2D eigenvalue weighted by atomic mass is 35.5. The van der Waals surface area contributed by atoms with Crippen LogP contribution in [0.1, 0.15) is 65.8 Å². The molecule has 1 unspecified atom stereocenters. The average Bonchev–Trinajstić information content (AvgIpc) is 3.64. The first kappa shape index (κ1) is 27.0. The van der Waals surface area contributed by atoms with Gasteiger partial charge >= 0.3 is 5.76 Å². The minimum atomic E-state index is -0.653. The fourth-order valence-electron chi connectivity index (χ4n) is 6.59. The van der Waals surface area contributed by atoms with Crippen molar-refractivity contribution in [3.63, 3.8) is 0 Å². The second kappa shape index (κ2) is 10.6. The number of H-pyrrole nitrogens is 1. The Kier molecular flexibility index (Phi) is 7.16. The molecule has 4 aromatic rings. The van der Waals surface area contributed by atoms with E-state index in [4.69, 9.17) is 26.1 Å². The summed E-state index contributed by atoms with van der Waals surface area (Å²) in [6, 6.07) is 3.98. The molecule has 212 valence electrons. The predicted octanol–water partition coefficient (Wildman–Crippen LogP) is 5.47. The Morgan fingerprint density at radius 2 is 1.90 bits per heavy atom. The Bertz CT molecular complexity index is 1570. The number of aliphatic hydroxyl groups excluding tert-OH is 1. The Labute approximate surface area is 237 Å². The highest BCUT2D eigenvalue weighted by molar-refractivity contribution is 6.30. The van der Waals surface area contributed by atoms with E-state index in [0.29, 0.717) is 41.2 Å². The van der Waals surface area contributed by atoms with E-state index < -0.39 is 11.9 Å². The number of rotatable bonds is 6. The summed E-state index contributed by atoms with van der Waals surface area (Å²) in [5.74, 6) is 1.96. The van der Waals surface area contributed by atoms with Crippen LogP contribution in [-0.2, 0) is 0 Å². The van der Waals surface area contributed by atoms with E-state index in [-0.39, 0.29) is 17.9 Å². The maximum atomic E-state index is 11.8. The molecule has 11 heteroatoms. The summed E-state index contributed by atoms with van der Waals surface area (Å²) >= 11 is 6.40. The lowest BCUT2D eigenvalue weighted by atomic mass is 9.79. The highest BCUT2D eigenvalue weighted by Gasteiger charge is 2.38. The van der Waals surface area contributed by atoms with E-state index in [2.05, 4.69) is 52.3 Å². The molecule has 40 heavy (non-hydrogen) atoms. The molecule has 6 rings (SSSR count). The number of fused-ring (bicyclic) bond motifs is 1. The van der Waals surface area contributed by atoms with Crippen molar-refractivity contribution >= 4 is 28.6 Å². The molecule has 4 aromatic heterocycles. The maximum absolute atomic E-state index is 11.8. The predicted molar refractivity (Wildman–Crippen MR) is 154 cm³/mol. The zero-order valence-corrected chi connectivity index (χ0v) is 24.1. The third kappa shape index (κ3) is 4.92. The van der Waals surface area contributed by atoms with E-state index in [0.717, 1.165) is 41.3 Å². The Balaban J connectivity index is 1.62. The van der Waals surface area contributed by atoms with Crippen LogP contribution in [0.4, 0.5) is 5.95 Å². The summed E-state index contributed by atoms with van der Waals surface area (Å²) < 4.78 is 7.12. The number of halogens is 1. The van der Waals surface area contributed by atoms with Gasteiger partial charge in [-0.1, -0.05) is 50.4 Å². The summed E-state index contributed by atoms with van der Waals surface area (Å²) in [7, 11) is 0. The molecule has 10 nitrogen and oxygen atoms in total. The van der Waals surface area contributed by atoms with Crippen LogP contribution < -0.4 is 10.7 Å². The number of nitrogens with zero attached hydrogens (tertiary/aromatic N) is 6. The number of hydrogen-bond acceptors (Lipinski definition) is 8. The number of nitrogens with one attached hydrogen (secondary N) is 1. The Morgan fingerprint density at radius 3 is 2.58 bits per heavy atom. The summed E-state index contributed by atoms with van der Waals surface area (Å²) in [6.45, 7) is 9.52. The summed E-state index contributed by atoms with van der Waals surface area (Å²) in [4.78, 5) is 31.2. The number of imidazole rings is 1. The summed E-state index contributed by atoms with van der Waals surface area (Å²) in [5.41, 5.74) is 3.43. The molecule has 0 radical (unpaired) electrons. The maximum Gasteiger partial charge on any atom is 0.439 e. The number of hydrogen-bond donors (Lipinski definition) is 2. The van der Waals surface area contributed by atoms with Gasteiger partial charge in [0.2, 0.25) is 11.8 Å². The average molecular weight is 566 g/mol. The van der Waals surface area contributed by atoms with Crippen molar-refractivity contribution < 1.29 is 9.63 Å². The van der Waals surface area contributed by atoms with Crippen molar-refractivity contribution in [1.29, 1.82) is 0 Å². The van der Waals surface area contributed by atoms with Crippen molar-refractivity contribution in [3.05, 3.63) is 40.1 Å². The minimum absolute atomic E-state index is 0.142. The topological polar surface area (TPSA) is 126 Å². The number of anilines is 1. The van der Waals surface area contributed by atoms with Crippen molar-refractivity contribution in [2.75, 3.05) is 11.4 Å². The van der Waals surface area contributed by atoms with Gasteiger partial charge in [-0.3, -0.25) is 14.5 Å². The zero-order valence-electron chi connectivity index (χ0n) is 23.3. The van der Waals surface area contributed by atoms with Crippen molar-refractivity contribution in [3.8, 4) is 22.8 Å². The molecule has 1 aliphatic carbocycles. The summed E-state index contributed by atoms with van der Waals surface area (Å²) in [5, 5.41) is 15.1. The van der Waals surface area contributed by atoms with Gasteiger partial charge in [0.05, 0.1) is 27.9 Å². The van der Waals surface area contributed by atoms with Gasteiger partial charge in [-0.25, -0.2) is 14.8 Å². The smallest absolute Gasteiger partial charge is 0.391 e. The molecule has 1 saturated carbocycles. The summed E-state index contributed by atoms with van der Waals surface area (Å²) in [6.07, 6.45) is 8.33. The number of aromatic nitrogens is 6. The SMILES string of the molecule is CC1CCC(C(C)n2c(N3C[C@H](O)C[C@H]3C(C)C)nc3cc(-c4noc(=O)[nH]4)nc(-c4cncc(Cl)c4)c32)CC1. The molecule has 2 aliphatic rings. The van der Waals surface area contributed by atoms with Gasteiger partial charge in [0.25, 0.3) is 0 Å². The van der Waals surface area contributed by atoms with Crippen LogP contribution in [0, 0.1) is 17.8 Å². The second-order valence-corrected chi connectivity index (χ2v) is 12.4. The number of aromatic amines is 1. The molecule has 0 amide bonds. The van der Waals surface area contributed by atoms with E-state index in [1.54, 1.807) is 12.4 Å². The van der Waals surface area contributed by atoms with Crippen LogP contribution >= 0.6 is 11.6 Å². The van der Waals surface area contributed by atoms with Crippen LogP contribution in [0.3, 0.4) is 0 Å². The lowest BCUT2D eigenvalue weighted by Gasteiger charge is -2.35. The molecule has 0 spiro atoms. The van der Waals surface area contributed by atoms with Crippen molar-refractivity contribution in [2.45, 2.75) is 78.0 Å². The fraction of sp³-hybridized carbons (Fsp3) is 0.552. The number of pyridine rings is 2. The first-order chi connectivity index (χ1) is 19.2. The van der Waals surface area contributed by atoms with Crippen LogP contribution in [0.2, 0.25) is 5.02 Å². The van der Waals surface area contributed by atoms with Gasteiger partial charge < -0.3 is 14.6 Å². The van der Waals surface area contributed by atoms with Gasteiger partial charge in [0.1, 0.15) is 5.69 Å². The van der Waals surface area contributed by atoms with Crippen LogP contribution in [0.5, 0.6) is 0 Å².